The van der Waals surface area contributed by atoms with Gasteiger partial charge >= 0.3 is 0 Å². The number of benzene rings is 1. The molecular weight excluding hydrogens is 275 g/mol. The largest absolute Gasteiger partial charge is 0.490 e. The Bertz CT molecular complexity index is 305. The van der Waals surface area contributed by atoms with E-state index in [9.17, 15) is 0 Å². The Labute approximate surface area is 92.6 Å². The van der Waals surface area contributed by atoms with Gasteiger partial charge in [0.25, 0.3) is 0 Å². The first-order chi connectivity index (χ1) is 6.31. The van der Waals surface area contributed by atoms with Crippen LogP contribution in [-0.4, -0.2) is 6.10 Å². The quantitative estimate of drug-likeness (QED) is 0.775. The summed E-state index contributed by atoms with van der Waals surface area (Å²) in [4.78, 5) is 0. The van der Waals surface area contributed by atoms with Gasteiger partial charge in [-0.3, -0.25) is 0 Å². The van der Waals surface area contributed by atoms with Crippen molar-refractivity contribution in [3.05, 3.63) is 27.3 Å². The van der Waals surface area contributed by atoms with Crippen LogP contribution in [-0.2, 0) is 6.42 Å². The van der Waals surface area contributed by atoms with Crippen molar-refractivity contribution in [2.24, 2.45) is 0 Å². The molecular formula is C11H13IO. The minimum absolute atomic E-state index is 0.503. The van der Waals surface area contributed by atoms with Gasteiger partial charge in [-0.15, -0.1) is 0 Å². The number of ether oxygens (including phenoxy) is 1. The van der Waals surface area contributed by atoms with Gasteiger partial charge in [-0.1, -0.05) is 13.0 Å². The summed E-state index contributed by atoms with van der Waals surface area (Å²) >= 11 is 2.37. The van der Waals surface area contributed by atoms with E-state index in [0.717, 1.165) is 12.2 Å². The molecule has 0 aliphatic heterocycles. The molecule has 1 aliphatic carbocycles. The molecule has 0 heterocycles. The molecule has 0 aromatic heterocycles. The Kier molecular flexibility index (Phi) is 2.77. The highest BCUT2D eigenvalue weighted by atomic mass is 127. The van der Waals surface area contributed by atoms with E-state index in [1.807, 2.05) is 0 Å². The fraction of sp³-hybridized carbons (Fsp3) is 0.455. The smallest absolute Gasteiger partial charge is 0.123 e. The molecule has 1 fully saturated rings. The molecule has 1 aromatic rings. The Morgan fingerprint density at radius 3 is 2.85 bits per heavy atom. The fourth-order valence-corrected chi connectivity index (χ4v) is 2.21. The van der Waals surface area contributed by atoms with Crippen LogP contribution in [0.5, 0.6) is 5.75 Å². The van der Waals surface area contributed by atoms with Crippen molar-refractivity contribution in [2.45, 2.75) is 32.3 Å². The van der Waals surface area contributed by atoms with Gasteiger partial charge in [-0.05, 0) is 54.0 Å². The highest BCUT2D eigenvalue weighted by Crippen LogP contribution is 2.31. The van der Waals surface area contributed by atoms with Crippen molar-refractivity contribution in [3.63, 3.8) is 0 Å². The zero-order valence-electron chi connectivity index (χ0n) is 7.72. The molecule has 0 atom stereocenters. The highest BCUT2D eigenvalue weighted by Gasteiger charge is 2.24. The lowest BCUT2D eigenvalue weighted by atomic mass is 10.1. The van der Waals surface area contributed by atoms with Gasteiger partial charge in [-0.2, -0.15) is 0 Å². The van der Waals surface area contributed by atoms with Crippen LogP contribution < -0.4 is 4.74 Å². The Hall–Kier alpha value is -0.250. The van der Waals surface area contributed by atoms with E-state index >= 15 is 0 Å². The Balaban J connectivity index is 2.25. The minimum atomic E-state index is 0.503. The van der Waals surface area contributed by atoms with E-state index in [4.69, 9.17) is 4.74 Å². The van der Waals surface area contributed by atoms with Crippen LogP contribution in [0, 0.1) is 3.57 Å². The number of rotatable bonds is 3. The van der Waals surface area contributed by atoms with Crippen molar-refractivity contribution >= 4 is 22.6 Å². The van der Waals surface area contributed by atoms with Gasteiger partial charge in [0.2, 0.25) is 0 Å². The third kappa shape index (κ3) is 2.16. The summed E-state index contributed by atoms with van der Waals surface area (Å²) in [5.41, 5.74) is 1.36. The lowest BCUT2D eigenvalue weighted by Crippen LogP contribution is -2.00. The lowest BCUT2D eigenvalue weighted by Gasteiger charge is -2.10. The summed E-state index contributed by atoms with van der Waals surface area (Å²) in [7, 11) is 0. The second kappa shape index (κ2) is 3.86. The van der Waals surface area contributed by atoms with Crippen LogP contribution in [0.15, 0.2) is 18.2 Å². The van der Waals surface area contributed by atoms with E-state index in [-0.39, 0.29) is 0 Å². The van der Waals surface area contributed by atoms with Gasteiger partial charge in [-0.25, -0.2) is 0 Å². The van der Waals surface area contributed by atoms with E-state index in [2.05, 4.69) is 47.7 Å². The van der Waals surface area contributed by atoms with Crippen LogP contribution in [0.4, 0.5) is 0 Å². The lowest BCUT2D eigenvalue weighted by molar-refractivity contribution is 0.300. The summed E-state index contributed by atoms with van der Waals surface area (Å²) in [6, 6.07) is 6.29. The molecule has 0 bridgehead atoms. The van der Waals surface area contributed by atoms with E-state index in [1.54, 1.807) is 0 Å². The van der Waals surface area contributed by atoms with Crippen molar-refractivity contribution < 1.29 is 4.74 Å². The third-order valence-corrected chi connectivity index (χ3v) is 3.26. The molecule has 0 unspecified atom stereocenters. The first kappa shape index (κ1) is 9.31. The van der Waals surface area contributed by atoms with E-state index < -0.39 is 0 Å². The molecule has 13 heavy (non-hydrogen) atoms. The van der Waals surface area contributed by atoms with E-state index in [1.165, 1.54) is 22.0 Å². The van der Waals surface area contributed by atoms with Crippen LogP contribution in [0.2, 0.25) is 0 Å². The molecule has 70 valence electrons. The van der Waals surface area contributed by atoms with Crippen molar-refractivity contribution in [3.8, 4) is 5.75 Å². The monoisotopic (exact) mass is 288 g/mol. The first-order valence-corrected chi connectivity index (χ1v) is 5.83. The van der Waals surface area contributed by atoms with Crippen LogP contribution in [0.25, 0.3) is 0 Å². The average Bonchev–Trinajstić information content (AvgIpc) is 2.89. The molecule has 1 saturated carbocycles. The van der Waals surface area contributed by atoms with E-state index in [0.29, 0.717) is 6.10 Å². The summed E-state index contributed by atoms with van der Waals surface area (Å²) < 4.78 is 7.14. The predicted molar refractivity (Wildman–Crippen MR) is 62.2 cm³/mol. The molecule has 1 aromatic carbocycles. The zero-order valence-corrected chi connectivity index (χ0v) is 9.87. The maximum Gasteiger partial charge on any atom is 0.123 e. The summed E-state index contributed by atoms with van der Waals surface area (Å²) in [5.74, 6) is 1.09. The van der Waals surface area contributed by atoms with Crippen molar-refractivity contribution in [1.29, 1.82) is 0 Å². The minimum Gasteiger partial charge on any atom is -0.490 e. The predicted octanol–water partition coefficient (Wildman–Crippen LogP) is 3.39. The summed E-state index contributed by atoms with van der Waals surface area (Å²) in [6.45, 7) is 2.18. The second-order valence-electron chi connectivity index (χ2n) is 3.39. The fourth-order valence-electron chi connectivity index (χ4n) is 1.36. The normalized spacial score (nSPS) is 15.8. The second-order valence-corrected chi connectivity index (χ2v) is 4.55. The summed E-state index contributed by atoms with van der Waals surface area (Å²) in [5, 5.41) is 0. The molecule has 1 aliphatic rings. The molecule has 0 radical (unpaired) electrons. The van der Waals surface area contributed by atoms with Gasteiger partial charge < -0.3 is 4.74 Å². The Morgan fingerprint density at radius 1 is 1.46 bits per heavy atom. The van der Waals surface area contributed by atoms with Crippen molar-refractivity contribution in [2.75, 3.05) is 0 Å². The maximum absolute atomic E-state index is 5.82. The van der Waals surface area contributed by atoms with Crippen LogP contribution in [0.3, 0.4) is 0 Å². The molecule has 0 N–H and O–H groups in total. The topological polar surface area (TPSA) is 9.23 Å². The van der Waals surface area contributed by atoms with Crippen LogP contribution in [0.1, 0.15) is 25.3 Å². The van der Waals surface area contributed by atoms with Gasteiger partial charge in [0, 0.05) is 9.13 Å². The molecule has 2 rings (SSSR count). The average molecular weight is 288 g/mol. The molecule has 1 nitrogen and oxygen atoms in total. The standard InChI is InChI=1S/C11H13IO/c1-2-9-10(12)4-3-5-11(9)13-8-6-7-8/h3-5,8H,2,6-7H2,1H3. The van der Waals surface area contributed by atoms with Gasteiger partial charge in [0.15, 0.2) is 0 Å². The molecule has 0 spiro atoms. The zero-order chi connectivity index (χ0) is 9.26. The van der Waals surface area contributed by atoms with Crippen LogP contribution >= 0.6 is 22.6 Å². The summed E-state index contributed by atoms with van der Waals surface area (Å²) in [6.07, 6.45) is 4.02. The molecule has 0 amide bonds. The Morgan fingerprint density at radius 2 is 2.23 bits per heavy atom. The SMILES string of the molecule is CCc1c(I)cccc1OC1CC1. The number of hydrogen-bond acceptors (Lipinski definition) is 1. The first-order valence-electron chi connectivity index (χ1n) is 4.75. The number of halogens is 1. The molecule has 0 saturated heterocycles. The maximum atomic E-state index is 5.82. The van der Waals surface area contributed by atoms with Gasteiger partial charge in [0.05, 0.1) is 6.10 Å². The number of hydrogen-bond donors (Lipinski definition) is 0. The molecule has 2 heteroatoms. The van der Waals surface area contributed by atoms with Gasteiger partial charge in [0.1, 0.15) is 5.75 Å². The van der Waals surface area contributed by atoms with Crippen molar-refractivity contribution in [1.82, 2.24) is 0 Å². The third-order valence-electron chi connectivity index (χ3n) is 2.25. The highest BCUT2D eigenvalue weighted by molar-refractivity contribution is 14.1.